The number of aryl methyl sites for hydroxylation is 1. The summed E-state index contributed by atoms with van der Waals surface area (Å²) in [4.78, 5) is 9.57. The summed E-state index contributed by atoms with van der Waals surface area (Å²) in [6.45, 7) is 6.36. The number of benzene rings is 2. The van der Waals surface area contributed by atoms with Crippen LogP contribution in [0.1, 0.15) is 5.56 Å². The molecule has 1 aliphatic rings. The number of rotatable bonds is 2. The van der Waals surface area contributed by atoms with Gasteiger partial charge in [0.2, 0.25) is 0 Å². The molecule has 1 fully saturated rings. The number of piperazine rings is 1. The standard InChI is InChI=1S/C21H22ClN3O/c1-14-12-19(16-4-3-5-20(26)21(16)22)23-18-7-6-15(13-17(14)18)25-10-8-24(2)9-11-25/h3-7,12-13,26H,8-11H2,1-2H3. The van der Waals surface area contributed by atoms with E-state index >= 15 is 0 Å². The minimum Gasteiger partial charge on any atom is -0.506 e. The second-order valence-corrected chi connectivity index (χ2v) is 7.33. The molecule has 5 heteroatoms. The first-order valence-corrected chi connectivity index (χ1v) is 9.23. The number of fused-ring (bicyclic) bond motifs is 1. The molecule has 4 rings (SSSR count). The topological polar surface area (TPSA) is 39.6 Å². The summed E-state index contributed by atoms with van der Waals surface area (Å²) in [6.07, 6.45) is 0. The Labute approximate surface area is 158 Å². The lowest BCUT2D eigenvalue weighted by atomic mass is 10.0. The van der Waals surface area contributed by atoms with E-state index in [1.165, 1.54) is 5.69 Å². The lowest BCUT2D eigenvalue weighted by Gasteiger charge is -2.34. The fraction of sp³-hybridized carbons (Fsp3) is 0.286. The summed E-state index contributed by atoms with van der Waals surface area (Å²) in [5.41, 5.74) is 4.87. The van der Waals surface area contributed by atoms with Gasteiger partial charge in [-0.25, -0.2) is 4.98 Å². The van der Waals surface area contributed by atoms with E-state index in [4.69, 9.17) is 16.6 Å². The predicted octanol–water partition coefficient (Wildman–Crippen LogP) is 4.32. The van der Waals surface area contributed by atoms with Crippen LogP contribution in [0.25, 0.3) is 22.2 Å². The molecule has 0 spiro atoms. The number of hydrogen-bond acceptors (Lipinski definition) is 4. The molecule has 4 nitrogen and oxygen atoms in total. The van der Waals surface area contributed by atoms with Gasteiger partial charge in [-0.2, -0.15) is 0 Å². The van der Waals surface area contributed by atoms with Crippen LogP contribution in [-0.4, -0.2) is 48.2 Å². The molecular weight excluding hydrogens is 346 g/mol. The number of pyridine rings is 1. The smallest absolute Gasteiger partial charge is 0.134 e. The highest BCUT2D eigenvalue weighted by Crippen LogP contribution is 2.35. The Balaban J connectivity index is 1.75. The molecule has 0 radical (unpaired) electrons. The molecule has 1 aromatic heterocycles. The van der Waals surface area contributed by atoms with Gasteiger partial charge in [0.25, 0.3) is 0 Å². The van der Waals surface area contributed by atoms with Gasteiger partial charge >= 0.3 is 0 Å². The van der Waals surface area contributed by atoms with Crippen LogP contribution in [0.4, 0.5) is 5.69 Å². The van der Waals surface area contributed by atoms with Gasteiger partial charge in [-0.1, -0.05) is 23.7 Å². The molecule has 1 saturated heterocycles. The minimum atomic E-state index is 0.0779. The summed E-state index contributed by atoms with van der Waals surface area (Å²) < 4.78 is 0. The number of phenolic OH excluding ortho intramolecular Hbond substituents is 1. The largest absolute Gasteiger partial charge is 0.506 e. The van der Waals surface area contributed by atoms with E-state index in [-0.39, 0.29) is 5.75 Å². The molecule has 1 aliphatic heterocycles. The molecule has 0 bridgehead atoms. The monoisotopic (exact) mass is 367 g/mol. The van der Waals surface area contributed by atoms with Crippen LogP contribution in [0.2, 0.25) is 5.02 Å². The number of hydrogen-bond donors (Lipinski definition) is 1. The number of halogens is 1. The van der Waals surface area contributed by atoms with Crippen molar-refractivity contribution in [1.82, 2.24) is 9.88 Å². The lowest BCUT2D eigenvalue weighted by molar-refractivity contribution is 0.313. The van der Waals surface area contributed by atoms with Gasteiger partial charge in [0.1, 0.15) is 5.75 Å². The number of likely N-dealkylation sites (N-methyl/N-ethyl adjacent to an activating group) is 1. The van der Waals surface area contributed by atoms with Crippen molar-refractivity contribution in [2.45, 2.75) is 6.92 Å². The van der Waals surface area contributed by atoms with Crippen LogP contribution < -0.4 is 4.90 Å². The summed E-state index contributed by atoms with van der Waals surface area (Å²) in [5, 5.41) is 11.4. The molecule has 0 amide bonds. The zero-order valence-corrected chi connectivity index (χ0v) is 15.8. The highest BCUT2D eigenvalue weighted by molar-refractivity contribution is 6.34. The maximum atomic E-state index is 9.87. The molecule has 0 aliphatic carbocycles. The fourth-order valence-electron chi connectivity index (χ4n) is 3.50. The van der Waals surface area contributed by atoms with Crippen LogP contribution >= 0.6 is 11.6 Å². The second-order valence-electron chi connectivity index (χ2n) is 6.95. The van der Waals surface area contributed by atoms with E-state index in [0.29, 0.717) is 5.02 Å². The van der Waals surface area contributed by atoms with Crippen molar-refractivity contribution in [3.8, 4) is 17.0 Å². The van der Waals surface area contributed by atoms with Gasteiger partial charge in [-0.3, -0.25) is 0 Å². The van der Waals surface area contributed by atoms with Crippen molar-refractivity contribution in [3.05, 3.63) is 53.1 Å². The highest BCUT2D eigenvalue weighted by atomic mass is 35.5. The van der Waals surface area contributed by atoms with Crippen molar-refractivity contribution in [2.75, 3.05) is 38.1 Å². The van der Waals surface area contributed by atoms with Gasteiger partial charge in [0.15, 0.2) is 0 Å². The van der Waals surface area contributed by atoms with Gasteiger partial charge in [-0.05, 0) is 49.9 Å². The second kappa shape index (κ2) is 6.78. The number of nitrogens with zero attached hydrogens (tertiary/aromatic N) is 3. The maximum absolute atomic E-state index is 9.87. The Morgan fingerprint density at radius 3 is 2.58 bits per heavy atom. The molecule has 2 aromatic carbocycles. The summed E-state index contributed by atoms with van der Waals surface area (Å²) >= 11 is 6.27. The van der Waals surface area contributed by atoms with Crippen LogP contribution in [0.3, 0.4) is 0 Å². The Kier molecular flexibility index (Phi) is 4.47. The molecule has 3 aromatic rings. The average Bonchev–Trinajstić information content (AvgIpc) is 2.64. The van der Waals surface area contributed by atoms with Crippen molar-refractivity contribution < 1.29 is 5.11 Å². The van der Waals surface area contributed by atoms with E-state index in [1.54, 1.807) is 12.1 Å². The van der Waals surface area contributed by atoms with Crippen molar-refractivity contribution >= 4 is 28.2 Å². The van der Waals surface area contributed by atoms with Crippen molar-refractivity contribution in [2.24, 2.45) is 0 Å². The van der Waals surface area contributed by atoms with Crippen LogP contribution in [0.5, 0.6) is 5.75 Å². The zero-order chi connectivity index (χ0) is 18.3. The summed E-state index contributed by atoms with van der Waals surface area (Å²) in [7, 11) is 2.17. The molecule has 0 unspecified atom stereocenters. The van der Waals surface area contributed by atoms with Crippen LogP contribution in [0.15, 0.2) is 42.5 Å². The van der Waals surface area contributed by atoms with Gasteiger partial charge in [0, 0.05) is 42.8 Å². The third-order valence-corrected chi connectivity index (χ3v) is 5.52. The molecular formula is C21H22ClN3O. The number of phenols is 1. The zero-order valence-electron chi connectivity index (χ0n) is 15.0. The first kappa shape index (κ1) is 17.1. The Bertz CT molecular complexity index is 965. The first-order chi connectivity index (χ1) is 12.5. The average molecular weight is 368 g/mol. The SMILES string of the molecule is Cc1cc(-c2cccc(O)c2Cl)nc2ccc(N3CCN(C)CC3)cc12. The lowest BCUT2D eigenvalue weighted by Crippen LogP contribution is -2.44. The fourth-order valence-corrected chi connectivity index (χ4v) is 3.72. The number of aromatic hydroxyl groups is 1. The molecule has 1 N–H and O–H groups in total. The van der Waals surface area contributed by atoms with Crippen molar-refractivity contribution in [1.29, 1.82) is 0 Å². The molecule has 2 heterocycles. The first-order valence-electron chi connectivity index (χ1n) is 8.85. The normalized spacial score (nSPS) is 15.6. The Hall–Kier alpha value is -2.30. The van der Waals surface area contributed by atoms with Crippen molar-refractivity contribution in [3.63, 3.8) is 0 Å². The number of aromatic nitrogens is 1. The molecule has 26 heavy (non-hydrogen) atoms. The van der Waals surface area contributed by atoms with Crippen LogP contribution in [0, 0.1) is 6.92 Å². The molecule has 0 saturated carbocycles. The number of anilines is 1. The highest BCUT2D eigenvalue weighted by Gasteiger charge is 2.16. The summed E-state index contributed by atoms with van der Waals surface area (Å²) in [6, 6.07) is 13.8. The third kappa shape index (κ3) is 3.11. The van der Waals surface area contributed by atoms with Gasteiger partial charge in [-0.15, -0.1) is 0 Å². The summed E-state index contributed by atoms with van der Waals surface area (Å²) in [5.74, 6) is 0.0779. The Morgan fingerprint density at radius 2 is 1.81 bits per heavy atom. The van der Waals surface area contributed by atoms with Gasteiger partial charge < -0.3 is 14.9 Å². The van der Waals surface area contributed by atoms with E-state index in [9.17, 15) is 5.11 Å². The van der Waals surface area contributed by atoms with Crippen LogP contribution in [-0.2, 0) is 0 Å². The van der Waals surface area contributed by atoms with E-state index in [0.717, 1.165) is 53.9 Å². The van der Waals surface area contributed by atoms with E-state index in [2.05, 4.69) is 42.0 Å². The molecule has 134 valence electrons. The van der Waals surface area contributed by atoms with Gasteiger partial charge in [0.05, 0.1) is 16.2 Å². The minimum absolute atomic E-state index is 0.0779. The Morgan fingerprint density at radius 1 is 1.04 bits per heavy atom. The van der Waals surface area contributed by atoms with E-state index in [1.807, 2.05) is 12.1 Å². The predicted molar refractivity (Wildman–Crippen MR) is 108 cm³/mol. The van der Waals surface area contributed by atoms with E-state index < -0.39 is 0 Å². The third-order valence-electron chi connectivity index (χ3n) is 5.12. The quantitative estimate of drug-likeness (QED) is 0.732. The maximum Gasteiger partial charge on any atom is 0.134 e. The molecule has 0 atom stereocenters.